The minimum Gasteiger partial charge on any atom is -0.426 e. The summed E-state index contributed by atoms with van der Waals surface area (Å²) < 4.78 is 5.55. The van der Waals surface area contributed by atoms with Gasteiger partial charge in [0.2, 0.25) is 0 Å². The molecular formula is C24H30O3. The lowest BCUT2D eigenvalue weighted by atomic mass is 9.87. The van der Waals surface area contributed by atoms with Crippen molar-refractivity contribution in [2.45, 2.75) is 59.3 Å². The molecule has 0 aromatic heterocycles. The Labute approximate surface area is 162 Å². The summed E-state index contributed by atoms with van der Waals surface area (Å²) in [6.07, 6.45) is 6.69. The van der Waals surface area contributed by atoms with E-state index < -0.39 is 5.41 Å². The van der Waals surface area contributed by atoms with Crippen molar-refractivity contribution in [3.8, 4) is 5.75 Å². The maximum Gasteiger partial charge on any atom is 0.316 e. The lowest BCUT2D eigenvalue weighted by molar-refractivity contribution is -0.144. The molecule has 0 aliphatic carbocycles. The van der Waals surface area contributed by atoms with E-state index in [-0.39, 0.29) is 11.8 Å². The molecule has 0 amide bonds. The van der Waals surface area contributed by atoms with Crippen LogP contribution >= 0.6 is 0 Å². The first kappa shape index (κ1) is 20.9. The fourth-order valence-electron chi connectivity index (χ4n) is 2.95. The van der Waals surface area contributed by atoms with Crippen molar-refractivity contribution >= 4 is 11.8 Å². The Morgan fingerprint density at radius 1 is 0.815 bits per heavy atom. The van der Waals surface area contributed by atoms with Gasteiger partial charge >= 0.3 is 5.97 Å². The summed E-state index contributed by atoms with van der Waals surface area (Å²) in [4.78, 5) is 24.9. The average Bonchev–Trinajstić information content (AvgIpc) is 2.68. The summed E-state index contributed by atoms with van der Waals surface area (Å²) in [5, 5.41) is 0. The number of hydrogen-bond acceptors (Lipinski definition) is 3. The fraction of sp³-hybridized carbons (Fsp3) is 0.417. The van der Waals surface area contributed by atoms with Crippen molar-refractivity contribution in [2.75, 3.05) is 0 Å². The number of ether oxygens (including phenoxy) is 1. The molecular weight excluding hydrogens is 336 g/mol. The van der Waals surface area contributed by atoms with E-state index in [4.69, 9.17) is 4.74 Å². The van der Waals surface area contributed by atoms with Gasteiger partial charge in [-0.15, -0.1) is 0 Å². The standard InChI is InChI=1S/C24H30O3/c1-4-5-6-7-11-18-24(2,3)23(26)27-21-16-14-20(15-17-21)22(25)19-12-9-8-10-13-19/h8-10,12-17H,4-7,11,18H2,1-3H3. The van der Waals surface area contributed by atoms with Crippen LogP contribution in [-0.4, -0.2) is 11.8 Å². The predicted octanol–water partition coefficient (Wildman–Crippen LogP) is 6.21. The highest BCUT2D eigenvalue weighted by Crippen LogP contribution is 2.27. The summed E-state index contributed by atoms with van der Waals surface area (Å²) in [6.45, 7) is 6.06. The van der Waals surface area contributed by atoms with Gasteiger partial charge in [0, 0.05) is 11.1 Å². The normalized spacial score (nSPS) is 11.2. The molecule has 0 aliphatic rings. The van der Waals surface area contributed by atoms with Crippen LogP contribution in [-0.2, 0) is 4.79 Å². The maximum atomic E-state index is 12.5. The van der Waals surface area contributed by atoms with Crippen LogP contribution in [0.25, 0.3) is 0 Å². The van der Waals surface area contributed by atoms with E-state index in [1.165, 1.54) is 19.3 Å². The van der Waals surface area contributed by atoms with Gasteiger partial charge in [-0.2, -0.15) is 0 Å². The average molecular weight is 367 g/mol. The van der Waals surface area contributed by atoms with Crippen molar-refractivity contribution < 1.29 is 14.3 Å². The van der Waals surface area contributed by atoms with Crippen molar-refractivity contribution in [1.82, 2.24) is 0 Å². The topological polar surface area (TPSA) is 43.4 Å². The molecule has 0 unspecified atom stereocenters. The first-order valence-electron chi connectivity index (χ1n) is 9.86. The number of ketones is 1. The second-order valence-corrected chi connectivity index (χ2v) is 7.66. The molecule has 0 atom stereocenters. The SMILES string of the molecule is CCCCCCCC(C)(C)C(=O)Oc1ccc(C(=O)c2ccccc2)cc1. The monoisotopic (exact) mass is 366 g/mol. The molecule has 144 valence electrons. The van der Waals surface area contributed by atoms with E-state index in [1.54, 1.807) is 36.4 Å². The molecule has 3 nitrogen and oxygen atoms in total. The number of hydrogen-bond donors (Lipinski definition) is 0. The van der Waals surface area contributed by atoms with Crippen LogP contribution in [0.4, 0.5) is 0 Å². The lowest BCUT2D eigenvalue weighted by Gasteiger charge is -2.22. The highest BCUT2D eigenvalue weighted by Gasteiger charge is 2.29. The zero-order valence-corrected chi connectivity index (χ0v) is 16.7. The summed E-state index contributed by atoms with van der Waals surface area (Å²) in [7, 11) is 0. The molecule has 0 heterocycles. The van der Waals surface area contributed by atoms with Gasteiger partial charge in [-0.3, -0.25) is 9.59 Å². The van der Waals surface area contributed by atoms with Crippen LogP contribution in [0, 0.1) is 5.41 Å². The first-order valence-corrected chi connectivity index (χ1v) is 9.86. The van der Waals surface area contributed by atoms with Crippen LogP contribution in [0.1, 0.15) is 75.2 Å². The van der Waals surface area contributed by atoms with E-state index in [9.17, 15) is 9.59 Å². The van der Waals surface area contributed by atoms with Crippen molar-refractivity contribution in [3.63, 3.8) is 0 Å². The third-order valence-electron chi connectivity index (χ3n) is 4.82. The Morgan fingerprint density at radius 2 is 1.41 bits per heavy atom. The maximum absolute atomic E-state index is 12.5. The molecule has 27 heavy (non-hydrogen) atoms. The molecule has 0 radical (unpaired) electrons. The van der Waals surface area contributed by atoms with Crippen LogP contribution in [0.2, 0.25) is 0 Å². The molecule has 0 saturated heterocycles. The third-order valence-corrected chi connectivity index (χ3v) is 4.82. The minimum atomic E-state index is -0.509. The molecule has 2 rings (SSSR count). The van der Waals surface area contributed by atoms with E-state index in [0.717, 1.165) is 19.3 Å². The predicted molar refractivity (Wildman–Crippen MR) is 109 cm³/mol. The number of carbonyl (C=O) groups is 2. The number of esters is 1. The Hall–Kier alpha value is -2.42. The Morgan fingerprint density at radius 3 is 2.04 bits per heavy atom. The van der Waals surface area contributed by atoms with Gasteiger partial charge in [0.15, 0.2) is 5.78 Å². The van der Waals surface area contributed by atoms with Gasteiger partial charge < -0.3 is 4.74 Å². The fourth-order valence-corrected chi connectivity index (χ4v) is 2.95. The molecule has 0 aliphatic heterocycles. The van der Waals surface area contributed by atoms with Crippen LogP contribution < -0.4 is 4.74 Å². The quantitative estimate of drug-likeness (QED) is 0.217. The molecule has 0 fully saturated rings. The number of benzene rings is 2. The second-order valence-electron chi connectivity index (χ2n) is 7.66. The van der Waals surface area contributed by atoms with E-state index in [2.05, 4.69) is 6.92 Å². The summed E-state index contributed by atoms with van der Waals surface area (Å²) in [5.41, 5.74) is 0.715. The molecule has 0 saturated carbocycles. The van der Waals surface area contributed by atoms with Crippen LogP contribution in [0.15, 0.2) is 54.6 Å². The highest BCUT2D eigenvalue weighted by atomic mass is 16.5. The van der Waals surface area contributed by atoms with Gasteiger partial charge in [0.05, 0.1) is 5.41 Å². The lowest BCUT2D eigenvalue weighted by Crippen LogP contribution is -2.29. The van der Waals surface area contributed by atoms with Gasteiger partial charge in [0.25, 0.3) is 0 Å². The Balaban J connectivity index is 1.91. The molecule has 2 aromatic rings. The Bertz CT molecular complexity index is 730. The highest BCUT2D eigenvalue weighted by molar-refractivity contribution is 6.09. The third kappa shape index (κ3) is 6.35. The van der Waals surface area contributed by atoms with E-state index >= 15 is 0 Å². The second kappa shape index (κ2) is 10.1. The zero-order valence-electron chi connectivity index (χ0n) is 16.7. The van der Waals surface area contributed by atoms with Gasteiger partial charge in [0.1, 0.15) is 5.75 Å². The smallest absolute Gasteiger partial charge is 0.316 e. The minimum absolute atomic E-state index is 0.0408. The number of rotatable bonds is 10. The molecule has 0 spiro atoms. The molecule has 2 aromatic carbocycles. The summed E-state index contributed by atoms with van der Waals surface area (Å²) in [6, 6.07) is 15.9. The van der Waals surface area contributed by atoms with Gasteiger partial charge in [-0.25, -0.2) is 0 Å². The van der Waals surface area contributed by atoms with Gasteiger partial charge in [-0.1, -0.05) is 69.4 Å². The van der Waals surface area contributed by atoms with Crippen molar-refractivity contribution in [2.24, 2.45) is 5.41 Å². The first-order chi connectivity index (χ1) is 12.9. The van der Waals surface area contributed by atoms with Gasteiger partial charge in [-0.05, 0) is 44.5 Å². The van der Waals surface area contributed by atoms with Crippen molar-refractivity contribution in [3.05, 3.63) is 65.7 Å². The molecule has 0 bridgehead atoms. The Kier molecular flexibility index (Phi) is 7.78. The number of unbranched alkanes of at least 4 members (excludes halogenated alkanes) is 4. The summed E-state index contributed by atoms with van der Waals surface area (Å²) >= 11 is 0. The zero-order chi connectivity index (χ0) is 19.7. The molecule has 0 N–H and O–H groups in total. The van der Waals surface area contributed by atoms with E-state index in [0.29, 0.717) is 16.9 Å². The van der Waals surface area contributed by atoms with Crippen LogP contribution in [0.3, 0.4) is 0 Å². The molecule has 3 heteroatoms. The summed E-state index contributed by atoms with van der Waals surface area (Å²) in [5.74, 6) is 0.213. The van der Waals surface area contributed by atoms with Crippen molar-refractivity contribution in [1.29, 1.82) is 0 Å². The van der Waals surface area contributed by atoms with E-state index in [1.807, 2.05) is 32.0 Å². The number of carbonyl (C=O) groups excluding carboxylic acids is 2. The van der Waals surface area contributed by atoms with Crippen LogP contribution in [0.5, 0.6) is 5.75 Å². The largest absolute Gasteiger partial charge is 0.426 e.